The van der Waals surface area contributed by atoms with Gasteiger partial charge in [-0.3, -0.25) is 14.8 Å². The van der Waals surface area contributed by atoms with E-state index in [0.29, 0.717) is 18.7 Å². The first-order valence-corrected chi connectivity index (χ1v) is 15.3. The molecule has 0 fully saturated rings. The van der Waals surface area contributed by atoms with E-state index in [1.165, 1.54) is 6.20 Å². The van der Waals surface area contributed by atoms with Crippen LogP contribution < -0.4 is 16.0 Å². The average molecular weight is 558 g/mol. The van der Waals surface area contributed by atoms with Crippen molar-refractivity contribution in [2.45, 2.75) is 65.1 Å². The maximum absolute atomic E-state index is 14.2. The molecule has 0 spiro atoms. The minimum atomic E-state index is -2.01. The molecule has 196 valence electrons. The molecule has 3 aromatic rings. The Morgan fingerprint density at radius 2 is 1.89 bits per heavy atom. The molecule has 0 aromatic carbocycles. The predicted molar refractivity (Wildman–Crippen MR) is 143 cm³/mol. The van der Waals surface area contributed by atoms with Gasteiger partial charge in [0.2, 0.25) is 0 Å². The quantitative estimate of drug-likeness (QED) is 0.213. The first kappa shape index (κ1) is 28.3. The van der Waals surface area contributed by atoms with Crippen LogP contribution in [0.2, 0.25) is 28.3 Å². The van der Waals surface area contributed by atoms with E-state index < -0.39 is 30.5 Å². The molecule has 1 atom stereocenters. The number of pyridine rings is 2. The molecule has 0 amide bonds. The predicted octanol–water partition coefficient (Wildman–Crippen LogP) is 5.83. The summed E-state index contributed by atoms with van der Waals surface area (Å²) in [6, 6.07) is 0.938. The third kappa shape index (κ3) is 5.51. The van der Waals surface area contributed by atoms with Crippen LogP contribution in [0, 0.1) is 5.82 Å². The van der Waals surface area contributed by atoms with Crippen LogP contribution in [0.1, 0.15) is 52.7 Å². The van der Waals surface area contributed by atoms with Gasteiger partial charge in [0.05, 0.1) is 17.7 Å². The molecule has 0 aliphatic carbocycles. The Balaban J connectivity index is 2.20. The monoisotopic (exact) mass is 556 g/mol. The highest BCUT2D eigenvalue weighted by atomic mass is 35.5. The largest absolute Gasteiger partial charge is 0.487 e. The van der Waals surface area contributed by atoms with E-state index in [2.05, 4.69) is 48.8 Å². The molecule has 1 unspecified atom stereocenters. The summed E-state index contributed by atoms with van der Waals surface area (Å²) in [5, 5.41) is -0.451. The third-order valence-electron chi connectivity index (χ3n) is 6.69. The van der Waals surface area contributed by atoms with Crippen molar-refractivity contribution >= 4 is 42.6 Å². The molecule has 36 heavy (non-hydrogen) atoms. The van der Waals surface area contributed by atoms with Crippen molar-refractivity contribution in [3.05, 3.63) is 54.8 Å². The SMILES string of the molecule is CCC(C)c1ncc(Cl)c(OCCO[Si](C)(C)C(C)(C)C)c1-n1c(=O)[nH]c(=O)c2cc(F)c(Cl)nc21. The van der Waals surface area contributed by atoms with Gasteiger partial charge in [-0.25, -0.2) is 18.7 Å². The van der Waals surface area contributed by atoms with Crippen molar-refractivity contribution in [3.63, 3.8) is 0 Å². The standard InChI is InChI=1S/C24H31Cl2FN4O4Si/c1-8-13(2)17-18(31-21-14(22(32)30-23(31)33)11-16(27)20(26)29-21)19(15(25)12-28-17)34-9-10-35-36(6,7)24(3,4)5/h11-13H,8-10H2,1-7H3,(H,30,32,33). The molecule has 3 aromatic heterocycles. The van der Waals surface area contributed by atoms with Crippen LogP contribution in [-0.4, -0.2) is 41.1 Å². The number of H-pyrrole nitrogens is 1. The number of halogens is 3. The molecular formula is C24H31Cl2FN4O4Si. The molecule has 0 saturated heterocycles. The van der Waals surface area contributed by atoms with Gasteiger partial charge in [0, 0.05) is 12.1 Å². The Kier molecular flexibility index (Phi) is 8.34. The normalized spacial score (nSPS) is 13.3. The maximum Gasteiger partial charge on any atom is 0.334 e. The van der Waals surface area contributed by atoms with Crippen LogP contribution in [-0.2, 0) is 4.43 Å². The van der Waals surface area contributed by atoms with Crippen molar-refractivity contribution in [1.29, 1.82) is 0 Å². The highest BCUT2D eigenvalue weighted by molar-refractivity contribution is 6.74. The summed E-state index contributed by atoms with van der Waals surface area (Å²) >= 11 is 12.5. The van der Waals surface area contributed by atoms with E-state index in [-0.39, 0.29) is 45.1 Å². The smallest absolute Gasteiger partial charge is 0.334 e. The van der Waals surface area contributed by atoms with Gasteiger partial charge in [0.25, 0.3) is 5.56 Å². The minimum Gasteiger partial charge on any atom is -0.487 e. The summed E-state index contributed by atoms with van der Waals surface area (Å²) in [5.74, 6) is -0.822. The van der Waals surface area contributed by atoms with E-state index >= 15 is 0 Å². The number of fused-ring (bicyclic) bond motifs is 1. The molecule has 1 N–H and O–H groups in total. The second kappa shape index (κ2) is 10.6. The number of rotatable bonds is 8. The molecule has 12 heteroatoms. The van der Waals surface area contributed by atoms with E-state index in [9.17, 15) is 14.0 Å². The zero-order valence-corrected chi connectivity index (χ0v) is 24.0. The van der Waals surface area contributed by atoms with E-state index in [4.69, 9.17) is 32.4 Å². The number of nitrogens with one attached hydrogen (secondary N) is 1. The minimum absolute atomic E-state index is 0.0263. The third-order valence-corrected chi connectivity index (χ3v) is 11.8. The van der Waals surface area contributed by atoms with Gasteiger partial charge < -0.3 is 9.16 Å². The Hall–Kier alpha value is -2.27. The molecule has 3 heterocycles. The summed E-state index contributed by atoms with van der Waals surface area (Å²) in [5.41, 5.74) is -1.02. The van der Waals surface area contributed by atoms with Crippen LogP contribution in [0.4, 0.5) is 4.39 Å². The molecule has 0 aliphatic heterocycles. The summed E-state index contributed by atoms with van der Waals surface area (Å²) in [6.07, 6.45) is 2.14. The molecule has 0 bridgehead atoms. The Morgan fingerprint density at radius 3 is 2.50 bits per heavy atom. The first-order chi connectivity index (χ1) is 16.7. The summed E-state index contributed by atoms with van der Waals surface area (Å²) in [7, 11) is -2.01. The van der Waals surface area contributed by atoms with Crippen LogP contribution in [0.15, 0.2) is 21.9 Å². The number of hydrogen-bond donors (Lipinski definition) is 1. The zero-order chi connectivity index (χ0) is 27.0. The lowest BCUT2D eigenvalue weighted by molar-refractivity contribution is 0.203. The molecule has 3 rings (SSSR count). The number of hydrogen-bond acceptors (Lipinski definition) is 6. The number of ether oxygens (including phenoxy) is 1. The summed E-state index contributed by atoms with van der Waals surface area (Å²) in [4.78, 5) is 36.3. The fourth-order valence-corrected chi connectivity index (χ4v) is 4.71. The Bertz CT molecular complexity index is 1400. The number of aromatic amines is 1. The second-order valence-corrected chi connectivity index (χ2v) is 15.7. The van der Waals surface area contributed by atoms with Crippen molar-refractivity contribution < 1.29 is 13.6 Å². The van der Waals surface area contributed by atoms with Gasteiger partial charge in [-0.2, -0.15) is 0 Å². The van der Waals surface area contributed by atoms with Gasteiger partial charge in [0.15, 0.2) is 30.7 Å². The van der Waals surface area contributed by atoms with E-state index in [0.717, 1.165) is 10.6 Å². The summed E-state index contributed by atoms with van der Waals surface area (Å²) < 4.78 is 27.6. The molecule has 0 aliphatic rings. The fourth-order valence-electron chi connectivity index (χ4n) is 3.36. The number of nitrogens with zero attached hydrogens (tertiary/aromatic N) is 3. The molecular weight excluding hydrogens is 526 g/mol. The van der Waals surface area contributed by atoms with Gasteiger partial charge in [-0.1, -0.05) is 57.8 Å². The van der Waals surface area contributed by atoms with Gasteiger partial charge in [-0.15, -0.1) is 0 Å². The van der Waals surface area contributed by atoms with Crippen molar-refractivity contribution in [2.75, 3.05) is 13.2 Å². The second-order valence-electron chi connectivity index (χ2n) is 10.2. The van der Waals surface area contributed by atoms with Gasteiger partial charge in [0.1, 0.15) is 17.3 Å². The first-order valence-electron chi connectivity index (χ1n) is 11.7. The summed E-state index contributed by atoms with van der Waals surface area (Å²) in [6.45, 7) is 15.1. The van der Waals surface area contributed by atoms with Crippen LogP contribution in [0.25, 0.3) is 16.7 Å². The highest BCUT2D eigenvalue weighted by Gasteiger charge is 2.37. The van der Waals surface area contributed by atoms with Crippen LogP contribution in [0.5, 0.6) is 5.75 Å². The van der Waals surface area contributed by atoms with Crippen molar-refractivity contribution in [2.24, 2.45) is 0 Å². The van der Waals surface area contributed by atoms with Crippen molar-refractivity contribution in [1.82, 2.24) is 19.5 Å². The maximum atomic E-state index is 14.2. The lowest BCUT2D eigenvalue weighted by Crippen LogP contribution is -2.41. The topological polar surface area (TPSA) is 99.1 Å². The van der Waals surface area contributed by atoms with Crippen LogP contribution in [0.3, 0.4) is 0 Å². The molecule has 0 saturated carbocycles. The zero-order valence-electron chi connectivity index (χ0n) is 21.5. The molecule has 8 nitrogen and oxygen atoms in total. The average Bonchev–Trinajstić information content (AvgIpc) is 2.78. The van der Waals surface area contributed by atoms with E-state index in [1.54, 1.807) is 0 Å². The Morgan fingerprint density at radius 1 is 1.22 bits per heavy atom. The van der Waals surface area contributed by atoms with Crippen LogP contribution >= 0.6 is 23.2 Å². The molecule has 0 radical (unpaired) electrons. The highest BCUT2D eigenvalue weighted by Crippen LogP contribution is 2.38. The van der Waals surface area contributed by atoms with Crippen molar-refractivity contribution in [3.8, 4) is 11.4 Å². The Labute approximate surface area is 219 Å². The van der Waals surface area contributed by atoms with Gasteiger partial charge >= 0.3 is 5.69 Å². The lowest BCUT2D eigenvalue weighted by atomic mass is 10.0. The lowest BCUT2D eigenvalue weighted by Gasteiger charge is -2.36. The number of aromatic nitrogens is 4. The fraction of sp³-hybridized carbons (Fsp3) is 0.500. The van der Waals surface area contributed by atoms with Gasteiger partial charge in [-0.05, 0) is 30.6 Å². The van der Waals surface area contributed by atoms with E-state index in [1.807, 2.05) is 13.8 Å².